The van der Waals surface area contributed by atoms with Gasteiger partial charge >= 0.3 is 12.2 Å². The molecule has 0 spiro atoms. The minimum atomic E-state index is -4.97. The molecule has 85 heavy (non-hydrogen) atoms. The molecule has 8 aromatic rings. The Hall–Kier alpha value is -8.33. The summed E-state index contributed by atoms with van der Waals surface area (Å²) in [5.41, 5.74) is 8.68. The van der Waals surface area contributed by atoms with Crippen LogP contribution in [0, 0.1) is 28.9 Å². The summed E-state index contributed by atoms with van der Waals surface area (Å²) in [7, 11) is 0. The molecule has 23 heteroatoms. The molecule has 2 amide bonds. The molecule has 17 nitrogen and oxygen atoms in total. The second-order valence-corrected chi connectivity index (χ2v) is 23.4. The van der Waals surface area contributed by atoms with E-state index in [1.54, 1.807) is 35.3 Å². The molecule has 12 rings (SSSR count). The van der Waals surface area contributed by atoms with Crippen LogP contribution in [0.25, 0.3) is 54.5 Å². The Morgan fingerprint density at radius 3 is 2.34 bits per heavy atom. The maximum absolute atomic E-state index is 15.9. The topological polar surface area (TPSA) is 212 Å². The predicted octanol–water partition coefficient (Wildman–Crippen LogP) is 11.4. The fourth-order valence-corrected chi connectivity index (χ4v) is 12.9. The number of halogens is 5. The Morgan fingerprint density at radius 2 is 1.68 bits per heavy atom. The van der Waals surface area contributed by atoms with Gasteiger partial charge in [-0.15, -0.1) is 16.4 Å². The van der Waals surface area contributed by atoms with Crippen molar-refractivity contribution in [2.45, 2.75) is 115 Å². The van der Waals surface area contributed by atoms with Gasteiger partial charge in [-0.25, -0.2) is 13.5 Å². The minimum absolute atomic E-state index is 0.0119. The number of rotatable bonds is 15. The monoisotopic (exact) mass is 1180 g/mol. The summed E-state index contributed by atoms with van der Waals surface area (Å²) in [6.45, 7) is 10.3. The number of anilines is 2. The van der Waals surface area contributed by atoms with Gasteiger partial charge in [-0.2, -0.15) is 28.4 Å². The maximum atomic E-state index is 15.9. The van der Waals surface area contributed by atoms with E-state index in [9.17, 15) is 19.2 Å². The second-order valence-electron chi connectivity index (χ2n) is 22.3. The number of fused-ring (bicyclic) bond motifs is 4. The predicted molar refractivity (Wildman–Crippen MR) is 312 cm³/mol. The van der Waals surface area contributed by atoms with E-state index < -0.39 is 29.2 Å². The SMILES string of the molecule is CC(C)C(C(=O)N1CCCC1C)n1cc(-c2ccc(COc3c(-c4ccc(F)c5sc(N)c(C#N)c45)c(C(F)(F)F)cc4c(N5CC6CCC(C5)N6)nc(OC5CCOCC5)nc34)cc2)nn1.CC(NC=O)c1ccc(-c2ccncc2F)cc1. The number of hydrogen-bond donors (Lipinski definition) is 3. The first-order valence-electron chi connectivity index (χ1n) is 28.4. The smallest absolute Gasteiger partial charge is 0.417 e. The normalized spacial score (nSPS) is 18.7. The molecule has 442 valence electrons. The average Bonchev–Trinajstić information content (AvgIpc) is 1.84. The summed E-state index contributed by atoms with van der Waals surface area (Å²) in [5.74, 6) is -1.07. The highest BCUT2D eigenvalue weighted by molar-refractivity contribution is 7.23. The van der Waals surface area contributed by atoms with Gasteiger partial charge in [-0.3, -0.25) is 14.6 Å². The van der Waals surface area contributed by atoms with Crippen LogP contribution in [0.1, 0.15) is 101 Å². The van der Waals surface area contributed by atoms with Crippen LogP contribution in [0.2, 0.25) is 0 Å². The van der Waals surface area contributed by atoms with Gasteiger partial charge in [0.1, 0.15) is 58.5 Å². The van der Waals surface area contributed by atoms with Crippen LogP contribution in [0.3, 0.4) is 0 Å². The fraction of sp³-hybridized carbons (Fsp3) is 0.387. The van der Waals surface area contributed by atoms with Crippen molar-refractivity contribution in [2.24, 2.45) is 5.92 Å². The Labute approximate surface area is 491 Å². The van der Waals surface area contributed by atoms with E-state index >= 15 is 17.6 Å². The first-order valence-corrected chi connectivity index (χ1v) is 29.3. The number of thiophene rings is 1. The number of amides is 2. The van der Waals surface area contributed by atoms with Crippen LogP contribution in [0.5, 0.6) is 11.8 Å². The van der Waals surface area contributed by atoms with Crippen molar-refractivity contribution in [3.05, 3.63) is 125 Å². The van der Waals surface area contributed by atoms with E-state index in [1.165, 1.54) is 12.3 Å². The number of piperazine rings is 1. The highest BCUT2D eigenvalue weighted by Crippen LogP contribution is 2.52. The third kappa shape index (κ3) is 12.2. The third-order valence-corrected chi connectivity index (χ3v) is 17.4. The number of pyridine rings is 1. The van der Waals surface area contributed by atoms with E-state index in [4.69, 9.17) is 29.9 Å². The lowest BCUT2D eigenvalue weighted by atomic mass is 9.92. The van der Waals surface area contributed by atoms with Crippen LogP contribution < -0.4 is 30.7 Å². The molecule has 4 N–H and O–H groups in total. The zero-order valence-electron chi connectivity index (χ0n) is 47.2. The lowest BCUT2D eigenvalue weighted by Gasteiger charge is -2.35. The van der Waals surface area contributed by atoms with Gasteiger partial charge in [0.05, 0.1) is 47.5 Å². The molecule has 5 atom stereocenters. The van der Waals surface area contributed by atoms with Gasteiger partial charge in [-0.1, -0.05) is 73.7 Å². The lowest BCUT2D eigenvalue weighted by molar-refractivity contribution is -0.137. The molecule has 8 heterocycles. The van der Waals surface area contributed by atoms with Crippen molar-refractivity contribution in [3.8, 4) is 51.3 Å². The molecule has 4 aromatic carbocycles. The van der Waals surface area contributed by atoms with Crippen molar-refractivity contribution in [1.29, 1.82) is 5.26 Å². The number of carbonyl (C=O) groups excluding carboxylic acids is 2. The number of nitrogen functional groups attached to an aromatic ring is 1. The molecular weight excluding hydrogens is 1120 g/mol. The number of alkyl halides is 3. The van der Waals surface area contributed by atoms with Crippen molar-refractivity contribution in [2.75, 3.05) is 43.5 Å². The van der Waals surface area contributed by atoms with Crippen LogP contribution in [0.15, 0.2) is 91.4 Å². The zero-order valence-corrected chi connectivity index (χ0v) is 48.0. The second kappa shape index (κ2) is 24.7. The molecule has 4 aliphatic rings. The zero-order chi connectivity index (χ0) is 59.7. The number of nitriles is 1. The Kier molecular flexibility index (Phi) is 17.0. The van der Waals surface area contributed by atoms with Crippen LogP contribution >= 0.6 is 11.3 Å². The number of nitrogens with zero attached hydrogens (tertiary/aromatic N) is 9. The van der Waals surface area contributed by atoms with Gasteiger partial charge in [0.15, 0.2) is 5.75 Å². The summed E-state index contributed by atoms with van der Waals surface area (Å²) in [6, 6.07) is 21.3. The molecule has 2 bridgehead atoms. The van der Waals surface area contributed by atoms with Gasteiger partial charge in [0.25, 0.3) is 0 Å². The first kappa shape index (κ1) is 58.4. The molecule has 5 unspecified atom stereocenters. The first-order chi connectivity index (χ1) is 41.0. The number of nitrogens with two attached hydrogens (primary N) is 1. The average molecular weight is 1180 g/mol. The number of hydrogen-bond acceptors (Lipinski definition) is 15. The van der Waals surface area contributed by atoms with Crippen LogP contribution in [0.4, 0.5) is 32.8 Å². The van der Waals surface area contributed by atoms with Crippen molar-refractivity contribution >= 4 is 55.5 Å². The summed E-state index contributed by atoms with van der Waals surface area (Å²) in [4.78, 5) is 41.4. The van der Waals surface area contributed by atoms with Crippen molar-refractivity contribution in [3.63, 3.8) is 0 Å². The lowest BCUT2D eigenvalue weighted by Crippen LogP contribution is -2.51. The molecule has 4 saturated heterocycles. The fourth-order valence-electron chi connectivity index (χ4n) is 11.9. The highest BCUT2D eigenvalue weighted by Gasteiger charge is 2.41. The Balaban J connectivity index is 0.000000357. The van der Waals surface area contributed by atoms with E-state index in [1.807, 2.05) is 73.0 Å². The molecule has 0 aliphatic carbocycles. The van der Waals surface area contributed by atoms with E-state index in [2.05, 4.69) is 32.9 Å². The van der Waals surface area contributed by atoms with E-state index in [0.717, 1.165) is 60.3 Å². The summed E-state index contributed by atoms with van der Waals surface area (Å²) in [6.07, 6.45) is 4.80. The largest absolute Gasteiger partial charge is 0.486 e. The maximum Gasteiger partial charge on any atom is 0.417 e. The molecule has 4 aliphatic heterocycles. The van der Waals surface area contributed by atoms with Gasteiger partial charge < -0.3 is 40.4 Å². The van der Waals surface area contributed by atoms with Gasteiger partial charge in [-0.05, 0) is 85.9 Å². The Morgan fingerprint density at radius 1 is 0.953 bits per heavy atom. The third-order valence-electron chi connectivity index (χ3n) is 16.3. The minimum Gasteiger partial charge on any atom is -0.486 e. The standard InChI is InChI=1S/C48H50F4N10O4S.C14H13FN2O/c1-25(2)41(46(63)61-16-4-5-26(61)3)62-23-37(58-59-62)28-8-6-27(7-9-28)24-65-42-39(32-12-13-36(49)43-38(32)34(20-53)44(54)67-43)35(48(50,51)52)19-33-40(42)56-47(66-31-14-17-64-18-15-31)57-45(33)60-21-29-10-11-30(22-60)55-29;1-10(17-9-18)11-2-4-12(5-3-11)13-6-7-16-8-14(13)15/h6-9,12-13,19,23,25-26,29-31,41,55H,4-5,10-11,14-18,21-22,24,54H2,1-3H3;2-10H,1H3,(H,17,18). The van der Waals surface area contributed by atoms with Crippen LogP contribution in [-0.4, -0.2) is 104 Å². The summed E-state index contributed by atoms with van der Waals surface area (Å²) in [5, 5.41) is 25.3. The number of likely N-dealkylation sites (tertiary alicyclic amines) is 1. The van der Waals surface area contributed by atoms with E-state index in [0.29, 0.717) is 74.5 Å². The number of benzene rings is 4. The quantitative estimate of drug-likeness (QED) is 0.0644. The van der Waals surface area contributed by atoms with Gasteiger partial charge in [0, 0.05) is 84.3 Å². The van der Waals surface area contributed by atoms with E-state index in [-0.39, 0.29) is 109 Å². The molecule has 0 radical (unpaired) electrons. The van der Waals surface area contributed by atoms with Crippen LogP contribution in [-0.2, 0) is 27.1 Å². The Bertz CT molecular complexity index is 3780. The van der Waals surface area contributed by atoms with Crippen molar-refractivity contribution < 1.29 is 45.8 Å². The molecule has 0 saturated carbocycles. The number of nitrogens with one attached hydrogen (secondary N) is 2. The summed E-state index contributed by atoms with van der Waals surface area (Å²) >= 11 is 0.792. The number of ether oxygens (including phenoxy) is 3. The highest BCUT2D eigenvalue weighted by atomic mass is 32.1. The number of carbonyl (C=O) groups is 2. The van der Waals surface area contributed by atoms with Gasteiger partial charge in [0.2, 0.25) is 12.3 Å². The molecule has 4 fully saturated rings. The molecular formula is C62H63F5N12O5S. The van der Waals surface area contributed by atoms with Crippen molar-refractivity contribution in [1.82, 2.24) is 45.5 Å². The number of aromatic nitrogens is 6. The molecule has 4 aromatic heterocycles. The summed E-state index contributed by atoms with van der Waals surface area (Å²) < 4.78 is 96.8.